The first-order valence-corrected chi connectivity index (χ1v) is 8.85. The van der Waals surface area contributed by atoms with Crippen LogP contribution in [0.3, 0.4) is 0 Å². The van der Waals surface area contributed by atoms with Crippen LogP contribution in [0.2, 0.25) is 0 Å². The van der Waals surface area contributed by atoms with E-state index in [4.69, 9.17) is 17.5 Å². The Labute approximate surface area is 146 Å². The van der Waals surface area contributed by atoms with Crippen LogP contribution in [0.25, 0.3) is 5.69 Å². The van der Waals surface area contributed by atoms with Gasteiger partial charge in [-0.1, -0.05) is 41.3 Å². The van der Waals surface area contributed by atoms with Gasteiger partial charge in [-0.3, -0.25) is 0 Å². The Morgan fingerprint density at radius 1 is 1.22 bits per heavy atom. The number of halogens is 1. The number of benzene rings is 2. The molecule has 0 saturated heterocycles. The van der Waals surface area contributed by atoms with E-state index in [9.17, 15) is 4.39 Å². The highest BCUT2D eigenvalue weighted by Crippen LogP contribution is 2.28. The molecule has 0 bridgehead atoms. The van der Waals surface area contributed by atoms with E-state index in [2.05, 4.69) is 11.2 Å². The SMILES string of the molecule is N#Cc1ccccc1CSc1nn(-c2ccc(F)cc2)c(=S)s1. The fourth-order valence-corrected chi connectivity index (χ4v) is 4.32. The first kappa shape index (κ1) is 15.9. The van der Waals surface area contributed by atoms with E-state index in [-0.39, 0.29) is 5.82 Å². The zero-order valence-electron chi connectivity index (χ0n) is 11.8. The lowest BCUT2D eigenvalue weighted by atomic mass is 10.1. The number of hydrogen-bond acceptors (Lipinski definition) is 5. The van der Waals surface area contributed by atoms with Gasteiger partial charge >= 0.3 is 0 Å². The van der Waals surface area contributed by atoms with Crippen LogP contribution in [0, 0.1) is 21.1 Å². The van der Waals surface area contributed by atoms with Gasteiger partial charge in [0.05, 0.1) is 17.3 Å². The molecule has 3 aromatic rings. The van der Waals surface area contributed by atoms with E-state index < -0.39 is 0 Å². The molecule has 0 radical (unpaired) electrons. The minimum absolute atomic E-state index is 0.293. The van der Waals surface area contributed by atoms with Gasteiger partial charge in [-0.25, -0.2) is 9.07 Å². The monoisotopic (exact) mass is 359 g/mol. The molecule has 0 saturated carbocycles. The second-order valence-electron chi connectivity index (χ2n) is 4.58. The minimum Gasteiger partial charge on any atom is -0.211 e. The van der Waals surface area contributed by atoms with Crippen molar-refractivity contribution in [1.82, 2.24) is 9.78 Å². The Morgan fingerprint density at radius 3 is 2.70 bits per heavy atom. The third-order valence-corrected chi connectivity index (χ3v) is 5.50. The van der Waals surface area contributed by atoms with Gasteiger partial charge in [0.25, 0.3) is 0 Å². The molecule has 23 heavy (non-hydrogen) atoms. The summed E-state index contributed by atoms with van der Waals surface area (Å²) in [4.78, 5) is 0. The molecule has 3 nitrogen and oxygen atoms in total. The largest absolute Gasteiger partial charge is 0.211 e. The summed E-state index contributed by atoms with van der Waals surface area (Å²) < 4.78 is 16.0. The summed E-state index contributed by atoms with van der Waals surface area (Å²) in [5.41, 5.74) is 2.37. The molecule has 3 rings (SSSR count). The van der Waals surface area contributed by atoms with E-state index >= 15 is 0 Å². The van der Waals surface area contributed by atoms with Crippen LogP contribution < -0.4 is 0 Å². The Morgan fingerprint density at radius 2 is 1.96 bits per heavy atom. The molecule has 0 atom stereocenters. The smallest absolute Gasteiger partial charge is 0.184 e. The molecule has 0 aliphatic carbocycles. The highest BCUT2D eigenvalue weighted by atomic mass is 32.2. The lowest BCUT2D eigenvalue weighted by molar-refractivity contribution is 0.627. The van der Waals surface area contributed by atoms with Crippen LogP contribution in [0.15, 0.2) is 52.9 Å². The van der Waals surface area contributed by atoms with Gasteiger partial charge in [0.1, 0.15) is 5.82 Å². The lowest BCUT2D eigenvalue weighted by Crippen LogP contribution is -1.96. The van der Waals surface area contributed by atoms with Crippen molar-refractivity contribution in [2.24, 2.45) is 0 Å². The quantitative estimate of drug-likeness (QED) is 0.487. The molecule has 114 valence electrons. The molecule has 0 fully saturated rings. The average Bonchev–Trinajstić information content (AvgIpc) is 2.95. The Balaban J connectivity index is 1.80. The van der Waals surface area contributed by atoms with Gasteiger partial charge in [-0.05, 0) is 48.1 Å². The molecule has 0 aliphatic rings. The number of thioether (sulfide) groups is 1. The van der Waals surface area contributed by atoms with Crippen LogP contribution in [0.5, 0.6) is 0 Å². The Bertz CT molecular complexity index is 923. The molecule has 0 unspecified atom stereocenters. The number of nitrogens with zero attached hydrogens (tertiary/aromatic N) is 3. The van der Waals surface area contributed by atoms with Gasteiger partial charge in [-0.2, -0.15) is 5.26 Å². The van der Waals surface area contributed by atoms with Crippen molar-refractivity contribution in [2.45, 2.75) is 10.1 Å². The van der Waals surface area contributed by atoms with Gasteiger partial charge in [-0.15, -0.1) is 5.10 Å². The van der Waals surface area contributed by atoms with E-state index in [0.717, 1.165) is 15.6 Å². The number of nitriles is 1. The maximum Gasteiger partial charge on any atom is 0.184 e. The third kappa shape index (κ3) is 3.67. The lowest BCUT2D eigenvalue weighted by Gasteiger charge is -2.01. The summed E-state index contributed by atoms with van der Waals surface area (Å²) in [6, 6.07) is 15.7. The molecular formula is C16H10FN3S3. The summed E-state index contributed by atoms with van der Waals surface area (Å²) in [6.07, 6.45) is 0. The zero-order valence-corrected chi connectivity index (χ0v) is 14.2. The van der Waals surface area contributed by atoms with Crippen LogP contribution in [0.4, 0.5) is 4.39 Å². The topological polar surface area (TPSA) is 41.6 Å². The molecular weight excluding hydrogens is 349 g/mol. The maximum absolute atomic E-state index is 13.0. The number of rotatable bonds is 4. The summed E-state index contributed by atoms with van der Waals surface area (Å²) in [5, 5.41) is 13.6. The fourth-order valence-electron chi connectivity index (χ4n) is 1.96. The van der Waals surface area contributed by atoms with Gasteiger partial charge in [0.2, 0.25) is 0 Å². The van der Waals surface area contributed by atoms with Gasteiger partial charge in [0, 0.05) is 5.75 Å². The van der Waals surface area contributed by atoms with Crippen molar-refractivity contribution >= 4 is 35.3 Å². The van der Waals surface area contributed by atoms with Crippen molar-refractivity contribution in [3.63, 3.8) is 0 Å². The van der Waals surface area contributed by atoms with E-state index in [1.807, 2.05) is 18.2 Å². The van der Waals surface area contributed by atoms with Crippen LogP contribution in [-0.2, 0) is 5.75 Å². The van der Waals surface area contributed by atoms with Crippen molar-refractivity contribution in [2.75, 3.05) is 0 Å². The van der Waals surface area contributed by atoms with Crippen molar-refractivity contribution in [3.05, 3.63) is 69.4 Å². The second-order valence-corrected chi connectivity index (χ2v) is 7.42. The predicted molar refractivity (Wildman–Crippen MR) is 93.0 cm³/mol. The standard InChI is InChI=1S/C16H10FN3S3/c17-13-5-7-14(8-6-13)20-16(21)23-15(19-20)22-10-12-4-2-1-3-11(12)9-18/h1-8H,10H2. The van der Waals surface area contributed by atoms with E-state index in [1.165, 1.54) is 35.2 Å². The van der Waals surface area contributed by atoms with Crippen molar-refractivity contribution in [1.29, 1.82) is 5.26 Å². The minimum atomic E-state index is -0.293. The molecule has 2 aromatic carbocycles. The molecule has 0 spiro atoms. The van der Waals surface area contributed by atoms with Crippen LogP contribution in [-0.4, -0.2) is 9.78 Å². The zero-order chi connectivity index (χ0) is 16.2. The summed E-state index contributed by atoms with van der Waals surface area (Å²) in [7, 11) is 0. The van der Waals surface area contributed by atoms with Crippen LogP contribution in [0.1, 0.15) is 11.1 Å². The maximum atomic E-state index is 13.0. The van der Waals surface area contributed by atoms with Crippen molar-refractivity contribution in [3.8, 4) is 11.8 Å². The summed E-state index contributed by atoms with van der Waals surface area (Å²) >= 11 is 8.26. The molecule has 0 amide bonds. The Kier molecular flexibility index (Phi) is 4.86. The van der Waals surface area contributed by atoms with Gasteiger partial charge in [0.15, 0.2) is 8.29 Å². The molecule has 1 aromatic heterocycles. The van der Waals surface area contributed by atoms with E-state index in [0.29, 0.717) is 15.3 Å². The third-order valence-electron chi connectivity index (χ3n) is 3.09. The highest BCUT2D eigenvalue weighted by molar-refractivity contribution is 8.00. The fraction of sp³-hybridized carbons (Fsp3) is 0.0625. The predicted octanol–water partition coefficient (Wildman–Crippen LogP) is 4.97. The van der Waals surface area contributed by atoms with Crippen molar-refractivity contribution < 1.29 is 4.39 Å². The number of hydrogen-bond donors (Lipinski definition) is 0. The Hall–Kier alpha value is -2.01. The first-order valence-electron chi connectivity index (χ1n) is 6.64. The first-order chi connectivity index (χ1) is 11.2. The molecule has 0 N–H and O–H groups in total. The number of aromatic nitrogens is 2. The van der Waals surface area contributed by atoms with E-state index in [1.54, 1.807) is 22.9 Å². The highest BCUT2D eigenvalue weighted by Gasteiger charge is 2.08. The normalized spacial score (nSPS) is 10.4. The molecule has 0 aliphatic heterocycles. The average molecular weight is 359 g/mol. The second kappa shape index (κ2) is 7.04. The summed E-state index contributed by atoms with van der Waals surface area (Å²) in [5.74, 6) is 0.355. The van der Waals surface area contributed by atoms with Gasteiger partial charge < -0.3 is 0 Å². The summed E-state index contributed by atoms with van der Waals surface area (Å²) in [6.45, 7) is 0. The molecule has 7 heteroatoms. The van der Waals surface area contributed by atoms with Crippen LogP contribution >= 0.6 is 35.3 Å². The molecule has 1 heterocycles.